The van der Waals surface area contributed by atoms with Crippen LogP contribution in [0, 0.1) is 0 Å². The maximum absolute atomic E-state index is 3.82. The van der Waals surface area contributed by atoms with Crippen LogP contribution in [0.15, 0.2) is 35.9 Å². The number of rotatable bonds is 2. The van der Waals surface area contributed by atoms with E-state index in [9.17, 15) is 0 Å². The molecule has 0 bridgehead atoms. The molecule has 0 saturated carbocycles. The molecule has 0 amide bonds. The molecule has 0 radical (unpaired) electrons. The van der Waals surface area contributed by atoms with Crippen molar-refractivity contribution in [2.75, 3.05) is 0 Å². The second-order valence-electron chi connectivity index (χ2n) is 1.86. The SMILES string of the molecule is C=[CH][Bi]1[CH]=[CH][Bi]([CH]=C)[CH]=[CH]1. The summed E-state index contributed by atoms with van der Waals surface area (Å²) in [7, 11) is 0. The molecule has 1 heterocycles. The summed E-state index contributed by atoms with van der Waals surface area (Å²) < 4.78 is 14.0. The zero-order valence-electron chi connectivity index (χ0n) is 5.77. The molecule has 1 aliphatic heterocycles. The number of hydrogen-bond donors (Lipinski definition) is 0. The van der Waals surface area contributed by atoms with Crippen molar-refractivity contribution in [1.82, 2.24) is 0 Å². The van der Waals surface area contributed by atoms with E-state index in [0.717, 1.165) is 0 Å². The van der Waals surface area contributed by atoms with Gasteiger partial charge in [-0.15, -0.1) is 0 Å². The molecule has 10 heavy (non-hydrogen) atoms. The molecule has 2 heteroatoms. The minimum absolute atomic E-state index is 1.33. The third-order valence-electron chi connectivity index (χ3n) is 1.24. The van der Waals surface area contributed by atoms with Crippen LogP contribution < -0.4 is 0 Å². The summed E-state index contributed by atoms with van der Waals surface area (Å²) in [5.41, 5.74) is 0. The Morgan fingerprint density at radius 3 is 1.30 bits per heavy atom. The monoisotopic (exact) mass is 524 g/mol. The van der Waals surface area contributed by atoms with Crippen molar-refractivity contribution >= 4 is 43.5 Å². The van der Waals surface area contributed by atoms with Crippen LogP contribution in [0.1, 0.15) is 0 Å². The molecule has 0 aromatic rings. The molecule has 0 aromatic heterocycles. The molecule has 0 fully saturated rings. The van der Waals surface area contributed by atoms with Crippen molar-refractivity contribution in [2.45, 2.75) is 0 Å². The van der Waals surface area contributed by atoms with Crippen molar-refractivity contribution in [3.05, 3.63) is 35.9 Å². The van der Waals surface area contributed by atoms with Gasteiger partial charge < -0.3 is 0 Å². The molecule has 0 nitrogen and oxygen atoms in total. The van der Waals surface area contributed by atoms with Gasteiger partial charge in [0.1, 0.15) is 0 Å². The van der Waals surface area contributed by atoms with Gasteiger partial charge >= 0.3 is 79.4 Å². The fraction of sp³-hybridized carbons (Fsp3) is 0. The first kappa shape index (κ1) is 8.82. The average Bonchev–Trinajstić information content (AvgIpc) is 2.05. The third-order valence-corrected chi connectivity index (χ3v) is 20.0. The van der Waals surface area contributed by atoms with Gasteiger partial charge in [0.25, 0.3) is 0 Å². The Labute approximate surface area is 78.4 Å². The Bertz CT molecular complexity index is 157. The van der Waals surface area contributed by atoms with Gasteiger partial charge in [0.2, 0.25) is 0 Å². The second-order valence-corrected chi connectivity index (χ2v) is 16.3. The summed E-state index contributed by atoms with van der Waals surface area (Å²) in [5.74, 6) is 0. The Kier molecular flexibility index (Phi) is 4.03. The third kappa shape index (κ3) is 2.40. The Balaban J connectivity index is 2.60. The summed E-state index contributed by atoms with van der Waals surface area (Å²) in [4.78, 5) is 0. The Hall–Kier alpha value is 0.726. The van der Waals surface area contributed by atoms with Crippen molar-refractivity contribution in [2.24, 2.45) is 0 Å². The van der Waals surface area contributed by atoms with Gasteiger partial charge in [-0.25, -0.2) is 0 Å². The normalized spacial score (nSPS) is 19.2. The fourth-order valence-corrected chi connectivity index (χ4v) is 26.7. The molecular formula is C8H10Bi2. The molecule has 1 aliphatic rings. The average molecular weight is 524 g/mol. The Morgan fingerprint density at radius 1 is 0.800 bits per heavy atom. The molecule has 0 saturated heterocycles. The molecular weight excluding hydrogens is 514 g/mol. The van der Waals surface area contributed by atoms with E-state index in [1.54, 1.807) is 0 Å². The molecule has 52 valence electrons. The standard InChI is InChI=1S/2C2H3.2C2H2.2Bi/c4*1-2;;/h2*1H,2H2;2*1-2H;;. The van der Waals surface area contributed by atoms with Crippen LogP contribution in [0.25, 0.3) is 0 Å². The molecule has 0 aromatic carbocycles. The summed E-state index contributed by atoms with van der Waals surface area (Å²) >= 11 is -2.65. The van der Waals surface area contributed by atoms with Crippen LogP contribution in [-0.2, 0) is 0 Å². The first-order valence-corrected chi connectivity index (χ1v) is 15.1. The predicted molar refractivity (Wildman–Crippen MR) is 50.2 cm³/mol. The second kappa shape index (κ2) is 4.57. The predicted octanol–water partition coefficient (Wildman–Crippen LogP) is 1.71. The van der Waals surface area contributed by atoms with Gasteiger partial charge in [0, 0.05) is 0 Å². The maximum atomic E-state index is 3.82. The fourth-order valence-electron chi connectivity index (χ4n) is 0.651. The van der Waals surface area contributed by atoms with Crippen LogP contribution in [0.2, 0.25) is 0 Å². The first-order valence-electron chi connectivity index (χ1n) is 3.03. The van der Waals surface area contributed by atoms with Crippen molar-refractivity contribution in [1.29, 1.82) is 0 Å². The molecule has 0 unspecified atom stereocenters. The van der Waals surface area contributed by atoms with E-state index < -0.39 is 43.5 Å². The molecule has 0 atom stereocenters. The van der Waals surface area contributed by atoms with E-state index in [4.69, 9.17) is 0 Å². The zero-order chi connectivity index (χ0) is 7.40. The van der Waals surface area contributed by atoms with Gasteiger partial charge in [-0.05, 0) is 0 Å². The van der Waals surface area contributed by atoms with E-state index in [0.29, 0.717) is 0 Å². The zero-order valence-corrected chi connectivity index (χ0v) is 12.7. The molecule has 0 N–H and O–H groups in total. The topological polar surface area (TPSA) is 0 Å². The van der Waals surface area contributed by atoms with Crippen LogP contribution in [0.3, 0.4) is 0 Å². The van der Waals surface area contributed by atoms with Gasteiger partial charge in [0.05, 0.1) is 0 Å². The minimum atomic E-state index is -1.33. The van der Waals surface area contributed by atoms with Gasteiger partial charge in [-0.2, -0.15) is 0 Å². The van der Waals surface area contributed by atoms with Crippen LogP contribution >= 0.6 is 0 Å². The molecule has 0 aliphatic carbocycles. The van der Waals surface area contributed by atoms with E-state index in [1.165, 1.54) is 0 Å². The van der Waals surface area contributed by atoms with Crippen molar-refractivity contribution in [3.63, 3.8) is 0 Å². The summed E-state index contributed by atoms with van der Waals surface area (Å²) in [5, 5.41) is 0. The quantitative estimate of drug-likeness (QED) is 0.484. The van der Waals surface area contributed by atoms with Crippen LogP contribution in [-0.4, -0.2) is 43.5 Å². The molecule has 1 rings (SSSR count). The van der Waals surface area contributed by atoms with Crippen LogP contribution in [0.4, 0.5) is 0 Å². The van der Waals surface area contributed by atoms with Gasteiger partial charge in [0.15, 0.2) is 0 Å². The Morgan fingerprint density at radius 2 is 1.10 bits per heavy atom. The van der Waals surface area contributed by atoms with Crippen molar-refractivity contribution in [3.8, 4) is 0 Å². The van der Waals surface area contributed by atoms with Gasteiger partial charge in [-0.1, -0.05) is 0 Å². The van der Waals surface area contributed by atoms with E-state index in [1.807, 2.05) is 0 Å². The van der Waals surface area contributed by atoms with E-state index in [-0.39, 0.29) is 0 Å². The molecule has 0 spiro atoms. The van der Waals surface area contributed by atoms with Gasteiger partial charge in [-0.3, -0.25) is 0 Å². The summed E-state index contributed by atoms with van der Waals surface area (Å²) in [6.45, 7) is 7.64. The van der Waals surface area contributed by atoms with E-state index >= 15 is 0 Å². The van der Waals surface area contributed by atoms with Crippen LogP contribution in [0.5, 0.6) is 0 Å². The van der Waals surface area contributed by atoms with E-state index in [2.05, 4.69) is 35.9 Å². The summed E-state index contributed by atoms with van der Waals surface area (Å²) in [6, 6.07) is 0. The summed E-state index contributed by atoms with van der Waals surface area (Å²) in [6.07, 6.45) is 0. The first-order chi connectivity index (χ1) is 4.86. The van der Waals surface area contributed by atoms with Crippen molar-refractivity contribution < 1.29 is 0 Å². The number of hydrogen-bond acceptors (Lipinski definition) is 0.